The number of amides is 2. The third kappa shape index (κ3) is 11.9. The Morgan fingerprint density at radius 2 is 1.66 bits per heavy atom. The van der Waals surface area contributed by atoms with Crippen LogP contribution >= 0.6 is 0 Å². The fourth-order valence-corrected chi connectivity index (χ4v) is 2.87. The van der Waals surface area contributed by atoms with Crippen molar-refractivity contribution < 1.29 is 24.2 Å². The molecule has 7 nitrogen and oxygen atoms in total. The molecule has 0 heterocycles. The van der Waals surface area contributed by atoms with Gasteiger partial charge in [0.1, 0.15) is 12.4 Å². The van der Waals surface area contributed by atoms with Gasteiger partial charge in [0, 0.05) is 26.1 Å². The van der Waals surface area contributed by atoms with E-state index in [2.05, 4.69) is 46.9 Å². The molecule has 2 amide bonds. The standard InChI is InChI=1S/C25H42N2O5/c1-8-31-21(22(28)29)17-19-9-11-20(12-10-19)32-16-15-27(14-13-24(2,3)4)23(30)26-18-25(5,6)7/h9-12,21H,8,13-18H2,1-7H3,(H,26,30)(H,28,29). The highest BCUT2D eigenvalue weighted by Crippen LogP contribution is 2.19. The molecule has 0 bridgehead atoms. The molecule has 1 aromatic carbocycles. The zero-order valence-corrected chi connectivity index (χ0v) is 20.9. The van der Waals surface area contributed by atoms with E-state index in [1.54, 1.807) is 6.92 Å². The minimum atomic E-state index is -0.965. The maximum absolute atomic E-state index is 12.7. The van der Waals surface area contributed by atoms with E-state index in [4.69, 9.17) is 9.47 Å². The summed E-state index contributed by atoms with van der Waals surface area (Å²) >= 11 is 0. The van der Waals surface area contributed by atoms with Gasteiger partial charge in [0.25, 0.3) is 0 Å². The Kier molecular flexibility index (Phi) is 11.0. The smallest absolute Gasteiger partial charge is 0.333 e. The van der Waals surface area contributed by atoms with Crippen LogP contribution in [0.5, 0.6) is 5.75 Å². The number of nitrogens with one attached hydrogen (secondary N) is 1. The van der Waals surface area contributed by atoms with E-state index in [1.165, 1.54) is 0 Å². The summed E-state index contributed by atoms with van der Waals surface area (Å²) in [5, 5.41) is 12.2. The molecule has 1 rings (SSSR count). The first-order valence-corrected chi connectivity index (χ1v) is 11.4. The number of rotatable bonds is 12. The van der Waals surface area contributed by atoms with Crippen molar-refractivity contribution in [1.29, 1.82) is 0 Å². The van der Waals surface area contributed by atoms with Crippen LogP contribution in [0.1, 0.15) is 60.5 Å². The molecule has 0 aromatic heterocycles. The Bertz CT molecular complexity index is 705. The van der Waals surface area contributed by atoms with Gasteiger partial charge in [-0.1, -0.05) is 53.7 Å². The van der Waals surface area contributed by atoms with Crippen LogP contribution in [0.3, 0.4) is 0 Å². The fourth-order valence-electron chi connectivity index (χ4n) is 2.87. The Morgan fingerprint density at radius 3 is 2.16 bits per heavy atom. The van der Waals surface area contributed by atoms with E-state index in [-0.39, 0.29) is 16.9 Å². The van der Waals surface area contributed by atoms with Gasteiger partial charge in [-0.05, 0) is 41.9 Å². The van der Waals surface area contributed by atoms with Crippen molar-refractivity contribution in [2.45, 2.75) is 67.4 Å². The molecule has 0 radical (unpaired) electrons. The molecule has 1 atom stereocenters. The zero-order chi connectivity index (χ0) is 24.4. The molecule has 0 aliphatic heterocycles. The summed E-state index contributed by atoms with van der Waals surface area (Å²) in [4.78, 5) is 25.8. The summed E-state index contributed by atoms with van der Waals surface area (Å²) in [5.41, 5.74) is 1.02. The number of benzene rings is 1. The number of carboxylic acids is 1. The maximum Gasteiger partial charge on any atom is 0.333 e. The van der Waals surface area contributed by atoms with Crippen LogP contribution in [-0.2, 0) is 16.0 Å². The quantitative estimate of drug-likeness (QED) is 0.486. The zero-order valence-electron chi connectivity index (χ0n) is 20.9. The third-order valence-electron chi connectivity index (χ3n) is 4.81. The van der Waals surface area contributed by atoms with Gasteiger partial charge in [-0.25, -0.2) is 9.59 Å². The first kappa shape index (κ1) is 27.8. The van der Waals surface area contributed by atoms with Crippen LogP contribution in [0.25, 0.3) is 0 Å². The molecule has 32 heavy (non-hydrogen) atoms. The lowest BCUT2D eigenvalue weighted by molar-refractivity contribution is -0.149. The van der Waals surface area contributed by atoms with Gasteiger partial charge in [0.05, 0.1) is 6.54 Å². The van der Waals surface area contributed by atoms with Gasteiger partial charge in [0.2, 0.25) is 0 Å². The monoisotopic (exact) mass is 450 g/mol. The predicted octanol–water partition coefficient (Wildman–Crippen LogP) is 4.59. The molecular weight excluding hydrogens is 408 g/mol. The number of carboxylic acid groups (broad SMARTS) is 1. The minimum Gasteiger partial charge on any atom is -0.492 e. The normalized spacial score (nSPS) is 12.8. The number of carbonyl (C=O) groups is 2. The van der Waals surface area contributed by atoms with E-state index in [0.717, 1.165) is 12.0 Å². The maximum atomic E-state index is 12.7. The lowest BCUT2D eigenvalue weighted by Gasteiger charge is -2.28. The number of hydrogen-bond acceptors (Lipinski definition) is 4. The topological polar surface area (TPSA) is 88.1 Å². The van der Waals surface area contributed by atoms with Crippen LogP contribution < -0.4 is 10.1 Å². The molecule has 0 saturated heterocycles. The number of ether oxygens (including phenoxy) is 2. The lowest BCUT2D eigenvalue weighted by atomic mass is 9.92. The summed E-state index contributed by atoms with van der Waals surface area (Å²) in [6.45, 7) is 17.0. The summed E-state index contributed by atoms with van der Waals surface area (Å²) in [6.07, 6.45) is 0.349. The predicted molar refractivity (Wildman–Crippen MR) is 127 cm³/mol. The van der Waals surface area contributed by atoms with Crippen molar-refractivity contribution in [3.05, 3.63) is 29.8 Å². The molecule has 0 fully saturated rings. The number of aliphatic carboxylic acids is 1. The molecule has 0 saturated carbocycles. The first-order chi connectivity index (χ1) is 14.8. The average Bonchev–Trinajstić information content (AvgIpc) is 2.68. The minimum absolute atomic E-state index is 0.0193. The van der Waals surface area contributed by atoms with E-state index >= 15 is 0 Å². The van der Waals surface area contributed by atoms with E-state index in [9.17, 15) is 14.7 Å². The second-order valence-corrected chi connectivity index (χ2v) is 10.5. The van der Waals surface area contributed by atoms with Gasteiger partial charge in [-0.2, -0.15) is 0 Å². The molecule has 0 aliphatic rings. The number of carbonyl (C=O) groups excluding carboxylic acids is 1. The Balaban J connectivity index is 2.63. The summed E-state index contributed by atoms with van der Waals surface area (Å²) in [6, 6.07) is 7.26. The lowest BCUT2D eigenvalue weighted by Crippen LogP contribution is -2.45. The highest BCUT2D eigenvalue weighted by Gasteiger charge is 2.20. The second kappa shape index (κ2) is 12.7. The van der Waals surface area contributed by atoms with Crippen LogP contribution in [0.15, 0.2) is 24.3 Å². The summed E-state index contributed by atoms with van der Waals surface area (Å²) in [7, 11) is 0. The molecule has 1 aromatic rings. The van der Waals surface area contributed by atoms with Gasteiger partial charge >= 0.3 is 12.0 Å². The Morgan fingerprint density at radius 1 is 1.03 bits per heavy atom. The van der Waals surface area contributed by atoms with Crippen molar-refractivity contribution >= 4 is 12.0 Å². The Labute approximate surface area is 193 Å². The SMILES string of the molecule is CCOC(Cc1ccc(OCCN(CCC(C)(C)C)C(=O)NCC(C)(C)C)cc1)C(=O)O. The number of hydrogen-bond donors (Lipinski definition) is 2. The molecule has 1 unspecified atom stereocenters. The van der Waals surface area contributed by atoms with Crippen molar-refractivity contribution in [2.24, 2.45) is 10.8 Å². The third-order valence-corrected chi connectivity index (χ3v) is 4.81. The van der Waals surface area contributed by atoms with Crippen molar-refractivity contribution in [3.8, 4) is 5.75 Å². The molecular formula is C25H42N2O5. The number of nitrogens with zero attached hydrogens (tertiary/aromatic N) is 1. The van der Waals surface area contributed by atoms with Crippen LogP contribution in [0.4, 0.5) is 4.79 Å². The molecule has 2 N–H and O–H groups in total. The van der Waals surface area contributed by atoms with E-state index in [0.29, 0.717) is 45.0 Å². The van der Waals surface area contributed by atoms with Crippen molar-refractivity contribution in [2.75, 3.05) is 32.8 Å². The van der Waals surface area contributed by atoms with Crippen LogP contribution in [0, 0.1) is 10.8 Å². The van der Waals surface area contributed by atoms with Crippen LogP contribution in [-0.4, -0.2) is 61.0 Å². The largest absolute Gasteiger partial charge is 0.492 e. The first-order valence-electron chi connectivity index (χ1n) is 11.4. The van der Waals surface area contributed by atoms with Gasteiger partial charge in [-0.3, -0.25) is 0 Å². The van der Waals surface area contributed by atoms with E-state index < -0.39 is 12.1 Å². The highest BCUT2D eigenvalue weighted by molar-refractivity contribution is 5.74. The second-order valence-electron chi connectivity index (χ2n) is 10.5. The number of urea groups is 1. The molecule has 0 aliphatic carbocycles. The average molecular weight is 451 g/mol. The molecule has 7 heteroatoms. The van der Waals surface area contributed by atoms with Gasteiger partial charge in [0.15, 0.2) is 6.10 Å². The molecule has 182 valence electrons. The van der Waals surface area contributed by atoms with Crippen LogP contribution in [0.2, 0.25) is 0 Å². The Hall–Kier alpha value is -2.28. The van der Waals surface area contributed by atoms with Crippen molar-refractivity contribution in [1.82, 2.24) is 10.2 Å². The fraction of sp³-hybridized carbons (Fsp3) is 0.680. The van der Waals surface area contributed by atoms with Gasteiger partial charge < -0.3 is 24.8 Å². The molecule has 0 spiro atoms. The summed E-state index contributed by atoms with van der Waals surface area (Å²) < 4.78 is 11.1. The van der Waals surface area contributed by atoms with Gasteiger partial charge in [-0.15, -0.1) is 0 Å². The summed E-state index contributed by atoms with van der Waals surface area (Å²) in [5.74, 6) is -0.282. The highest BCUT2D eigenvalue weighted by atomic mass is 16.5. The van der Waals surface area contributed by atoms with E-state index in [1.807, 2.05) is 29.2 Å². The van der Waals surface area contributed by atoms with Crippen molar-refractivity contribution in [3.63, 3.8) is 0 Å².